The fourth-order valence-corrected chi connectivity index (χ4v) is 1.93. The largest absolute Gasteiger partial charge is 0.508 e. The molecular formula is C12H11ClFN5O2. The number of H-pyrrole nitrogens is 1. The van der Waals surface area contributed by atoms with Crippen LogP contribution < -0.4 is 11.3 Å². The molecule has 0 fully saturated rings. The molecule has 21 heavy (non-hydrogen) atoms. The van der Waals surface area contributed by atoms with Gasteiger partial charge in [-0.2, -0.15) is 4.98 Å². The average Bonchev–Trinajstić information content (AvgIpc) is 2.76. The van der Waals surface area contributed by atoms with Crippen molar-refractivity contribution in [2.75, 3.05) is 5.73 Å². The summed E-state index contributed by atoms with van der Waals surface area (Å²) in [4.78, 5) is 21.9. The molecule has 0 atom stereocenters. The number of aromatic amines is 1. The number of halogens is 2. The van der Waals surface area contributed by atoms with Crippen molar-refractivity contribution in [1.29, 1.82) is 0 Å². The minimum absolute atomic E-state index is 0. The molecule has 0 saturated heterocycles. The van der Waals surface area contributed by atoms with Gasteiger partial charge in [0.2, 0.25) is 5.95 Å². The molecule has 3 aromatic rings. The third kappa shape index (κ3) is 2.65. The monoisotopic (exact) mass is 311 g/mol. The van der Waals surface area contributed by atoms with Crippen molar-refractivity contribution in [1.82, 2.24) is 19.5 Å². The van der Waals surface area contributed by atoms with Gasteiger partial charge in [0.05, 0.1) is 12.9 Å². The van der Waals surface area contributed by atoms with E-state index in [0.717, 1.165) is 6.07 Å². The van der Waals surface area contributed by atoms with E-state index < -0.39 is 11.4 Å². The molecule has 2 heterocycles. The van der Waals surface area contributed by atoms with Crippen molar-refractivity contribution in [3.8, 4) is 5.75 Å². The van der Waals surface area contributed by atoms with Crippen LogP contribution in [0.3, 0.4) is 0 Å². The van der Waals surface area contributed by atoms with E-state index in [1.807, 2.05) is 0 Å². The predicted molar refractivity (Wildman–Crippen MR) is 77.0 cm³/mol. The fraction of sp³-hybridized carbons (Fsp3) is 0.0833. The first kappa shape index (κ1) is 14.8. The highest BCUT2D eigenvalue weighted by Gasteiger charge is 2.11. The number of nitrogens with zero attached hydrogens (tertiary/aromatic N) is 3. The van der Waals surface area contributed by atoms with E-state index in [0.29, 0.717) is 5.56 Å². The molecule has 110 valence electrons. The number of hydrogen-bond acceptors (Lipinski definition) is 5. The third-order valence-electron chi connectivity index (χ3n) is 2.87. The molecule has 9 heteroatoms. The number of benzene rings is 1. The Labute approximate surface area is 123 Å². The molecule has 0 aliphatic heterocycles. The lowest BCUT2D eigenvalue weighted by atomic mass is 10.2. The summed E-state index contributed by atoms with van der Waals surface area (Å²) < 4.78 is 15.2. The summed E-state index contributed by atoms with van der Waals surface area (Å²) in [5.74, 6) is -0.736. The minimum atomic E-state index is -0.551. The van der Waals surface area contributed by atoms with Gasteiger partial charge in [-0.3, -0.25) is 9.78 Å². The number of phenols is 1. The second-order valence-corrected chi connectivity index (χ2v) is 4.27. The van der Waals surface area contributed by atoms with Crippen LogP contribution in [0.4, 0.5) is 10.3 Å². The van der Waals surface area contributed by atoms with Crippen LogP contribution in [0.5, 0.6) is 5.75 Å². The number of nitrogens with two attached hydrogens (primary N) is 1. The van der Waals surface area contributed by atoms with Gasteiger partial charge >= 0.3 is 0 Å². The van der Waals surface area contributed by atoms with E-state index >= 15 is 0 Å². The van der Waals surface area contributed by atoms with Crippen LogP contribution in [0.25, 0.3) is 11.2 Å². The molecule has 3 rings (SSSR count). The van der Waals surface area contributed by atoms with Gasteiger partial charge in [0.25, 0.3) is 5.56 Å². The Bertz CT molecular complexity index is 860. The Balaban J connectivity index is 0.00000161. The maximum absolute atomic E-state index is 13.7. The summed E-state index contributed by atoms with van der Waals surface area (Å²) in [5.41, 5.74) is 5.78. The number of phenolic OH excluding ortho intramolecular Hbond substituents is 1. The highest BCUT2D eigenvalue weighted by molar-refractivity contribution is 5.85. The summed E-state index contributed by atoms with van der Waals surface area (Å²) in [7, 11) is 0. The Morgan fingerprint density at radius 3 is 2.90 bits per heavy atom. The van der Waals surface area contributed by atoms with Gasteiger partial charge in [-0.05, 0) is 6.07 Å². The molecule has 0 aliphatic carbocycles. The molecule has 0 spiro atoms. The van der Waals surface area contributed by atoms with Crippen LogP contribution >= 0.6 is 12.4 Å². The lowest BCUT2D eigenvalue weighted by molar-refractivity contribution is 0.467. The number of fused-ring (bicyclic) bond motifs is 1. The molecule has 0 unspecified atom stereocenters. The Kier molecular flexibility index (Phi) is 3.81. The smallest absolute Gasteiger partial charge is 0.280 e. The lowest BCUT2D eigenvalue weighted by Gasteiger charge is -2.05. The minimum Gasteiger partial charge on any atom is -0.508 e. The van der Waals surface area contributed by atoms with Crippen LogP contribution in [-0.2, 0) is 6.54 Å². The normalized spacial score (nSPS) is 10.5. The molecule has 0 bridgehead atoms. The second-order valence-electron chi connectivity index (χ2n) is 4.27. The zero-order valence-corrected chi connectivity index (χ0v) is 11.4. The SMILES string of the molecule is Cl.Nc1nc2c(ncn2Cc2ccc(O)cc2F)c(=O)[nH]1. The van der Waals surface area contributed by atoms with Gasteiger partial charge in [0, 0.05) is 11.6 Å². The molecule has 4 N–H and O–H groups in total. The predicted octanol–water partition coefficient (Wildman–Crippen LogP) is 1.02. The standard InChI is InChI=1S/C12H10FN5O2.ClH/c13-8-3-7(19)2-1-6(8)4-18-5-15-9-10(18)16-12(14)17-11(9)20;/h1-3,5,19H,4H2,(H3,14,16,17,20);1H. The molecule has 0 radical (unpaired) electrons. The van der Waals surface area contributed by atoms with Gasteiger partial charge < -0.3 is 15.4 Å². The zero-order chi connectivity index (χ0) is 14.3. The van der Waals surface area contributed by atoms with Crippen molar-refractivity contribution in [2.45, 2.75) is 6.54 Å². The zero-order valence-electron chi connectivity index (χ0n) is 10.6. The van der Waals surface area contributed by atoms with E-state index in [-0.39, 0.29) is 41.8 Å². The number of hydrogen-bond donors (Lipinski definition) is 3. The van der Waals surface area contributed by atoms with E-state index in [2.05, 4.69) is 15.0 Å². The number of nitrogens with one attached hydrogen (secondary N) is 1. The van der Waals surface area contributed by atoms with Crippen molar-refractivity contribution in [3.63, 3.8) is 0 Å². The highest BCUT2D eigenvalue weighted by Crippen LogP contribution is 2.17. The van der Waals surface area contributed by atoms with E-state index in [4.69, 9.17) is 5.73 Å². The summed E-state index contributed by atoms with van der Waals surface area (Å²) in [6, 6.07) is 3.85. The Morgan fingerprint density at radius 1 is 1.43 bits per heavy atom. The van der Waals surface area contributed by atoms with Crippen LogP contribution in [0.2, 0.25) is 0 Å². The quantitative estimate of drug-likeness (QED) is 0.654. The number of aromatic hydroxyl groups is 1. The van der Waals surface area contributed by atoms with Crippen molar-refractivity contribution in [2.24, 2.45) is 0 Å². The number of aromatic nitrogens is 4. The second kappa shape index (κ2) is 5.41. The van der Waals surface area contributed by atoms with Gasteiger partial charge in [-0.25, -0.2) is 9.37 Å². The Hall–Kier alpha value is -2.61. The van der Waals surface area contributed by atoms with Gasteiger partial charge in [0.1, 0.15) is 11.6 Å². The van der Waals surface area contributed by atoms with Crippen molar-refractivity contribution in [3.05, 3.63) is 46.3 Å². The lowest BCUT2D eigenvalue weighted by Crippen LogP contribution is -2.12. The molecule has 0 aliphatic rings. The number of rotatable bonds is 2. The van der Waals surface area contributed by atoms with E-state index in [1.54, 1.807) is 0 Å². The topological polar surface area (TPSA) is 110 Å². The molecule has 0 saturated carbocycles. The Morgan fingerprint density at radius 2 is 2.19 bits per heavy atom. The maximum Gasteiger partial charge on any atom is 0.280 e. The molecular weight excluding hydrogens is 301 g/mol. The first-order valence-electron chi connectivity index (χ1n) is 5.72. The van der Waals surface area contributed by atoms with Crippen LogP contribution in [-0.4, -0.2) is 24.6 Å². The van der Waals surface area contributed by atoms with Crippen molar-refractivity contribution < 1.29 is 9.50 Å². The maximum atomic E-state index is 13.7. The number of nitrogen functional groups attached to an aromatic ring is 1. The van der Waals surface area contributed by atoms with Crippen LogP contribution in [0, 0.1) is 5.82 Å². The first-order chi connectivity index (χ1) is 9.54. The molecule has 1 aromatic carbocycles. The van der Waals surface area contributed by atoms with Crippen LogP contribution in [0.1, 0.15) is 5.56 Å². The highest BCUT2D eigenvalue weighted by atomic mass is 35.5. The summed E-state index contributed by atoms with van der Waals surface area (Å²) >= 11 is 0. The first-order valence-corrected chi connectivity index (χ1v) is 5.72. The van der Waals surface area contributed by atoms with Gasteiger partial charge in [-0.15, -0.1) is 12.4 Å². The van der Waals surface area contributed by atoms with Crippen molar-refractivity contribution >= 4 is 29.5 Å². The molecule has 0 amide bonds. The number of anilines is 1. The third-order valence-corrected chi connectivity index (χ3v) is 2.87. The summed E-state index contributed by atoms with van der Waals surface area (Å²) in [6.45, 7) is 0.124. The average molecular weight is 312 g/mol. The van der Waals surface area contributed by atoms with E-state index in [1.165, 1.54) is 23.0 Å². The molecule has 2 aromatic heterocycles. The fourth-order valence-electron chi connectivity index (χ4n) is 1.93. The molecule has 7 nitrogen and oxygen atoms in total. The van der Waals surface area contributed by atoms with E-state index in [9.17, 15) is 14.3 Å². The van der Waals surface area contributed by atoms with Gasteiger partial charge in [-0.1, -0.05) is 6.07 Å². The van der Waals surface area contributed by atoms with Gasteiger partial charge in [0.15, 0.2) is 11.2 Å². The number of imidazole rings is 1. The summed E-state index contributed by atoms with van der Waals surface area (Å²) in [6.07, 6.45) is 1.39. The summed E-state index contributed by atoms with van der Waals surface area (Å²) in [5, 5.41) is 9.17. The van der Waals surface area contributed by atoms with Crippen LogP contribution in [0.15, 0.2) is 29.3 Å².